The van der Waals surface area contributed by atoms with Crippen molar-refractivity contribution in [3.63, 3.8) is 0 Å². The Kier molecular flexibility index (Phi) is 3.69. The van der Waals surface area contributed by atoms with Gasteiger partial charge in [-0.3, -0.25) is 14.9 Å². The van der Waals surface area contributed by atoms with Crippen LogP contribution in [0.5, 0.6) is 5.75 Å². The van der Waals surface area contributed by atoms with Gasteiger partial charge >= 0.3 is 5.97 Å². The molecule has 0 aliphatic carbocycles. The van der Waals surface area contributed by atoms with E-state index in [1.54, 1.807) is 29.8 Å². The smallest absolute Gasteiger partial charge is 0.308 e. The van der Waals surface area contributed by atoms with Crippen LogP contribution >= 0.6 is 11.3 Å². The Bertz CT molecular complexity index is 566. The average Bonchev–Trinajstić information content (AvgIpc) is 2.81. The lowest BCUT2D eigenvalue weighted by Crippen LogP contribution is -2.12. The second kappa shape index (κ2) is 5.42. The number of thiazole rings is 1. The van der Waals surface area contributed by atoms with Gasteiger partial charge in [0.25, 0.3) is 5.91 Å². The molecule has 0 aliphatic heterocycles. The monoisotopic (exact) mass is 262 g/mol. The van der Waals surface area contributed by atoms with Gasteiger partial charge < -0.3 is 4.74 Å². The van der Waals surface area contributed by atoms with Gasteiger partial charge in [0.1, 0.15) is 5.75 Å². The maximum absolute atomic E-state index is 11.9. The SMILES string of the molecule is CC(=O)Oc1cccc(C(=O)Nc2nccs2)c1. The van der Waals surface area contributed by atoms with Gasteiger partial charge in [-0.15, -0.1) is 11.3 Å². The Morgan fingerprint density at radius 2 is 2.22 bits per heavy atom. The van der Waals surface area contributed by atoms with Gasteiger partial charge in [-0.25, -0.2) is 4.98 Å². The number of carbonyl (C=O) groups excluding carboxylic acids is 2. The standard InChI is InChI=1S/C12H10N2O3S/c1-8(15)17-10-4-2-3-9(7-10)11(16)14-12-13-5-6-18-12/h2-7H,1H3,(H,13,14,16). The number of hydrogen-bond donors (Lipinski definition) is 1. The molecule has 0 bridgehead atoms. The van der Waals surface area contributed by atoms with E-state index in [1.807, 2.05) is 0 Å². The molecule has 5 nitrogen and oxygen atoms in total. The summed E-state index contributed by atoms with van der Waals surface area (Å²) < 4.78 is 4.91. The summed E-state index contributed by atoms with van der Waals surface area (Å²) in [6.45, 7) is 1.31. The Balaban J connectivity index is 2.12. The first-order chi connectivity index (χ1) is 8.65. The topological polar surface area (TPSA) is 68.3 Å². The molecule has 92 valence electrons. The fourth-order valence-corrected chi connectivity index (χ4v) is 1.85. The molecule has 1 aromatic heterocycles. The lowest BCUT2D eigenvalue weighted by Gasteiger charge is -2.04. The number of aromatic nitrogens is 1. The van der Waals surface area contributed by atoms with E-state index < -0.39 is 5.97 Å². The maximum Gasteiger partial charge on any atom is 0.308 e. The predicted octanol–water partition coefficient (Wildman–Crippen LogP) is 2.32. The van der Waals surface area contributed by atoms with Gasteiger partial charge in [-0.05, 0) is 18.2 Å². The summed E-state index contributed by atoms with van der Waals surface area (Å²) in [5.74, 6) is -0.374. The molecule has 2 aromatic rings. The van der Waals surface area contributed by atoms with Crippen LogP contribution in [0.3, 0.4) is 0 Å². The van der Waals surface area contributed by atoms with E-state index >= 15 is 0 Å². The number of carbonyl (C=O) groups is 2. The summed E-state index contributed by atoms with van der Waals surface area (Å²) in [6.07, 6.45) is 1.61. The van der Waals surface area contributed by atoms with Crippen LogP contribution in [0.4, 0.5) is 5.13 Å². The fraction of sp³-hybridized carbons (Fsp3) is 0.0833. The van der Waals surface area contributed by atoms with Crippen LogP contribution < -0.4 is 10.1 Å². The molecule has 0 aliphatic rings. The highest BCUT2D eigenvalue weighted by Crippen LogP contribution is 2.16. The highest BCUT2D eigenvalue weighted by molar-refractivity contribution is 7.13. The molecule has 0 saturated carbocycles. The number of esters is 1. The molecule has 0 radical (unpaired) electrons. The molecule has 2 rings (SSSR count). The number of amides is 1. The van der Waals surface area contributed by atoms with E-state index in [1.165, 1.54) is 24.3 Å². The van der Waals surface area contributed by atoms with E-state index in [2.05, 4.69) is 10.3 Å². The van der Waals surface area contributed by atoms with Gasteiger partial charge in [0.2, 0.25) is 0 Å². The third kappa shape index (κ3) is 3.14. The summed E-state index contributed by atoms with van der Waals surface area (Å²) >= 11 is 1.33. The van der Waals surface area contributed by atoms with Crippen LogP contribution in [0.15, 0.2) is 35.8 Å². The van der Waals surface area contributed by atoms with E-state index in [9.17, 15) is 9.59 Å². The van der Waals surface area contributed by atoms with Crippen molar-refractivity contribution in [2.24, 2.45) is 0 Å². The van der Waals surface area contributed by atoms with E-state index in [-0.39, 0.29) is 5.91 Å². The van der Waals surface area contributed by atoms with Crippen LogP contribution in [0, 0.1) is 0 Å². The average molecular weight is 262 g/mol. The van der Waals surface area contributed by atoms with Crippen LogP contribution in [0.1, 0.15) is 17.3 Å². The van der Waals surface area contributed by atoms with Crippen molar-refractivity contribution in [2.75, 3.05) is 5.32 Å². The summed E-state index contributed by atoms with van der Waals surface area (Å²) in [5.41, 5.74) is 0.406. The van der Waals surface area contributed by atoms with Crippen molar-refractivity contribution >= 4 is 28.3 Å². The molecule has 0 spiro atoms. The number of nitrogens with zero attached hydrogens (tertiary/aromatic N) is 1. The van der Waals surface area contributed by atoms with Crippen molar-refractivity contribution in [1.29, 1.82) is 0 Å². The van der Waals surface area contributed by atoms with Gasteiger partial charge in [0.05, 0.1) is 0 Å². The minimum absolute atomic E-state index is 0.293. The molecule has 0 fully saturated rings. The van der Waals surface area contributed by atoms with Crippen LogP contribution in [0.2, 0.25) is 0 Å². The second-order valence-corrected chi connectivity index (χ2v) is 4.31. The van der Waals surface area contributed by atoms with Gasteiger partial charge in [-0.1, -0.05) is 6.07 Å². The Morgan fingerprint density at radius 3 is 2.89 bits per heavy atom. The molecular weight excluding hydrogens is 252 g/mol. The minimum Gasteiger partial charge on any atom is -0.427 e. The van der Waals surface area contributed by atoms with Crippen molar-refractivity contribution < 1.29 is 14.3 Å². The van der Waals surface area contributed by atoms with Crippen LogP contribution in [0.25, 0.3) is 0 Å². The Labute approximate surface area is 107 Å². The predicted molar refractivity (Wildman–Crippen MR) is 67.8 cm³/mol. The van der Waals surface area contributed by atoms with Crippen molar-refractivity contribution in [1.82, 2.24) is 4.98 Å². The van der Waals surface area contributed by atoms with Crippen LogP contribution in [-0.4, -0.2) is 16.9 Å². The van der Waals surface area contributed by atoms with Crippen molar-refractivity contribution in [2.45, 2.75) is 6.92 Å². The maximum atomic E-state index is 11.9. The van der Waals surface area contributed by atoms with Gasteiger partial charge in [-0.2, -0.15) is 0 Å². The van der Waals surface area contributed by atoms with Crippen molar-refractivity contribution in [3.05, 3.63) is 41.4 Å². The molecule has 1 amide bonds. The zero-order valence-electron chi connectivity index (χ0n) is 9.54. The number of anilines is 1. The number of ether oxygens (including phenoxy) is 1. The highest BCUT2D eigenvalue weighted by atomic mass is 32.1. The normalized spacial score (nSPS) is 9.83. The number of benzene rings is 1. The lowest BCUT2D eigenvalue weighted by molar-refractivity contribution is -0.131. The molecule has 1 heterocycles. The molecule has 0 saturated heterocycles. The molecule has 0 unspecified atom stereocenters. The highest BCUT2D eigenvalue weighted by Gasteiger charge is 2.09. The van der Waals surface area contributed by atoms with Gasteiger partial charge in [0, 0.05) is 24.1 Å². The number of nitrogens with one attached hydrogen (secondary N) is 1. The number of rotatable bonds is 3. The fourth-order valence-electron chi connectivity index (χ4n) is 1.32. The summed E-state index contributed by atoms with van der Waals surface area (Å²) in [7, 11) is 0. The molecular formula is C12H10N2O3S. The number of hydrogen-bond acceptors (Lipinski definition) is 5. The molecule has 1 aromatic carbocycles. The molecule has 0 atom stereocenters. The summed E-state index contributed by atoms with van der Waals surface area (Å²) in [5, 5.41) is 4.94. The Morgan fingerprint density at radius 1 is 1.39 bits per heavy atom. The van der Waals surface area contributed by atoms with Gasteiger partial charge in [0.15, 0.2) is 5.13 Å². The molecule has 18 heavy (non-hydrogen) atoms. The first kappa shape index (κ1) is 12.3. The minimum atomic E-state index is -0.424. The zero-order chi connectivity index (χ0) is 13.0. The molecule has 1 N–H and O–H groups in total. The van der Waals surface area contributed by atoms with E-state index in [4.69, 9.17) is 4.74 Å². The summed E-state index contributed by atoms with van der Waals surface area (Å²) in [4.78, 5) is 26.6. The first-order valence-corrected chi connectivity index (χ1v) is 6.02. The summed E-state index contributed by atoms with van der Waals surface area (Å²) in [6, 6.07) is 6.40. The Hall–Kier alpha value is -2.21. The third-order valence-electron chi connectivity index (χ3n) is 2.01. The third-order valence-corrected chi connectivity index (χ3v) is 2.70. The second-order valence-electron chi connectivity index (χ2n) is 3.41. The zero-order valence-corrected chi connectivity index (χ0v) is 10.4. The molecule has 6 heteroatoms. The van der Waals surface area contributed by atoms with E-state index in [0.29, 0.717) is 16.4 Å². The van der Waals surface area contributed by atoms with Crippen molar-refractivity contribution in [3.8, 4) is 5.75 Å². The lowest BCUT2D eigenvalue weighted by atomic mass is 10.2. The quantitative estimate of drug-likeness (QED) is 0.681. The van der Waals surface area contributed by atoms with E-state index in [0.717, 1.165) is 0 Å². The first-order valence-electron chi connectivity index (χ1n) is 5.14. The largest absolute Gasteiger partial charge is 0.427 e. The van der Waals surface area contributed by atoms with Crippen LogP contribution in [-0.2, 0) is 4.79 Å².